The molecule has 4 heteroatoms. The topological polar surface area (TPSA) is 38.1 Å². The number of hydrogen-bond acceptors (Lipinski definition) is 2. The molecule has 1 aliphatic carbocycles. The number of aryl methyl sites for hydroxylation is 1. The molecular formula is C22H29N3O. The molecule has 1 fully saturated rings. The Hall–Kier alpha value is -2.36. The van der Waals surface area contributed by atoms with Crippen LogP contribution >= 0.6 is 0 Å². The van der Waals surface area contributed by atoms with E-state index in [1.165, 1.54) is 25.7 Å². The second kappa shape index (κ2) is 8.35. The molecule has 1 saturated carbocycles. The fourth-order valence-electron chi connectivity index (χ4n) is 3.81. The highest BCUT2D eigenvalue weighted by Crippen LogP contribution is 2.22. The SMILES string of the molecule is Cc1nn(-c2ccccc2)c(C)c1/C=C/C(=O)N(C)C1CCCCCC1. The summed E-state index contributed by atoms with van der Waals surface area (Å²) in [5.41, 5.74) is 4.05. The first-order chi connectivity index (χ1) is 12.6. The summed E-state index contributed by atoms with van der Waals surface area (Å²) in [7, 11) is 1.94. The molecule has 0 atom stereocenters. The molecular weight excluding hydrogens is 322 g/mol. The third-order valence-corrected chi connectivity index (χ3v) is 5.46. The van der Waals surface area contributed by atoms with Gasteiger partial charge in [0.1, 0.15) is 0 Å². The lowest BCUT2D eigenvalue weighted by Gasteiger charge is -2.26. The predicted octanol–water partition coefficient (Wildman–Crippen LogP) is 4.68. The first kappa shape index (κ1) is 18.4. The van der Waals surface area contributed by atoms with Crippen molar-refractivity contribution in [1.29, 1.82) is 0 Å². The Morgan fingerprint density at radius 1 is 1.12 bits per heavy atom. The smallest absolute Gasteiger partial charge is 0.246 e. The molecule has 26 heavy (non-hydrogen) atoms. The molecule has 1 aromatic heterocycles. The summed E-state index contributed by atoms with van der Waals surface area (Å²) >= 11 is 0. The summed E-state index contributed by atoms with van der Waals surface area (Å²) < 4.78 is 1.94. The van der Waals surface area contributed by atoms with Crippen LogP contribution in [0.4, 0.5) is 0 Å². The molecule has 1 aliphatic rings. The normalized spacial score (nSPS) is 16.0. The van der Waals surface area contributed by atoms with E-state index < -0.39 is 0 Å². The van der Waals surface area contributed by atoms with Crippen molar-refractivity contribution in [2.45, 2.75) is 58.4 Å². The number of likely N-dealkylation sites (N-methyl/N-ethyl adjacent to an activating group) is 1. The minimum atomic E-state index is 0.0863. The van der Waals surface area contributed by atoms with E-state index in [2.05, 4.69) is 5.10 Å². The van der Waals surface area contributed by atoms with Gasteiger partial charge in [-0.2, -0.15) is 5.10 Å². The van der Waals surface area contributed by atoms with Gasteiger partial charge >= 0.3 is 0 Å². The molecule has 0 N–H and O–H groups in total. The van der Waals surface area contributed by atoms with Gasteiger partial charge in [0.2, 0.25) is 5.91 Å². The first-order valence-corrected chi connectivity index (χ1v) is 9.64. The fourth-order valence-corrected chi connectivity index (χ4v) is 3.81. The van der Waals surface area contributed by atoms with Crippen molar-refractivity contribution in [3.8, 4) is 5.69 Å². The zero-order valence-corrected chi connectivity index (χ0v) is 16.1. The summed E-state index contributed by atoms with van der Waals surface area (Å²) in [5, 5.41) is 4.65. The summed E-state index contributed by atoms with van der Waals surface area (Å²) in [5.74, 6) is 0.0863. The fraction of sp³-hybridized carbons (Fsp3) is 0.455. The first-order valence-electron chi connectivity index (χ1n) is 9.64. The lowest BCUT2D eigenvalue weighted by molar-refractivity contribution is -0.126. The molecule has 1 heterocycles. The van der Waals surface area contributed by atoms with E-state index in [1.807, 2.05) is 66.9 Å². The van der Waals surface area contributed by atoms with Gasteiger partial charge in [0.25, 0.3) is 0 Å². The Morgan fingerprint density at radius 3 is 2.42 bits per heavy atom. The molecule has 138 valence electrons. The molecule has 1 aromatic carbocycles. The summed E-state index contributed by atoms with van der Waals surface area (Å²) in [6, 6.07) is 10.5. The van der Waals surface area contributed by atoms with E-state index in [4.69, 9.17) is 0 Å². The van der Waals surface area contributed by atoms with Crippen LogP contribution in [0.2, 0.25) is 0 Å². The average Bonchev–Trinajstić information content (AvgIpc) is 2.85. The number of carbonyl (C=O) groups is 1. The maximum atomic E-state index is 12.6. The number of amides is 1. The average molecular weight is 351 g/mol. The van der Waals surface area contributed by atoms with Crippen molar-refractivity contribution in [2.24, 2.45) is 0 Å². The van der Waals surface area contributed by atoms with Crippen LogP contribution in [-0.4, -0.2) is 33.7 Å². The zero-order chi connectivity index (χ0) is 18.5. The molecule has 3 rings (SSSR count). The number of para-hydroxylation sites is 1. The monoisotopic (exact) mass is 351 g/mol. The van der Waals surface area contributed by atoms with Crippen LogP contribution in [0.3, 0.4) is 0 Å². The highest BCUT2D eigenvalue weighted by Gasteiger charge is 2.20. The van der Waals surface area contributed by atoms with Crippen molar-refractivity contribution < 1.29 is 4.79 Å². The Morgan fingerprint density at radius 2 is 1.77 bits per heavy atom. The second-order valence-electron chi connectivity index (χ2n) is 7.26. The van der Waals surface area contributed by atoms with E-state index >= 15 is 0 Å². The zero-order valence-electron chi connectivity index (χ0n) is 16.1. The molecule has 0 aliphatic heterocycles. The summed E-state index contributed by atoms with van der Waals surface area (Å²) in [6.07, 6.45) is 10.9. The van der Waals surface area contributed by atoms with Gasteiger partial charge in [-0.1, -0.05) is 43.9 Å². The number of benzene rings is 1. The highest BCUT2D eigenvalue weighted by atomic mass is 16.2. The van der Waals surface area contributed by atoms with E-state index in [-0.39, 0.29) is 5.91 Å². The highest BCUT2D eigenvalue weighted by molar-refractivity contribution is 5.92. The van der Waals surface area contributed by atoms with Gasteiger partial charge in [0, 0.05) is 30.4 Å². The van der Waals surface area contributed by atoms with Gasteiger partial charge in [-0.15, -0.1) is 0 Å². The van der Waals surface area contributed by atoms with E-state index in [0.717, 1.165) is 35.5 Å². The standard InChI is InChI=1S/C22H29N3O/c1-17-21(18(2)25(23-17)20-13-9-6-10-14-20)15-16-22(26)24(3)19-11-7-4-5-8-12-19/h6,9-10,13-16,19H,4-5,7-8,11-12H2,1-3H3/b16-15+. The molecule has 2 aromatic rings. The van der Waals surface area contributed by atoms with E-state index in [1.54, 1.807) is 6.08 Å². The van der Waals surface area contributed by atoms with Crippen molar-refractivity contribution in [2.75, 3.05) is 7.05 Å². The number of nitrogens with zero attached hydrogens (tertiary/aromatic N) is 3. The second-order valence-corrected chi connectivity index (χ2v) is 7.26. The lowest BCUT2D eigenvalue weighted by atomic mass is 10.1. The number of rotatable bonds is 4. The molecule has 0 saturated heterocycles. The van der Waals surface area contributed by atoms with Gasteiger partial charge < -0.3 is 4.90 Å². The third kappa shape index (κ3) is 4.06. The van der Waals surface area contributed by atoms with Crippen LogP contribution in [0.1, 0.15) is 55.5 Å². The van der Waals surface area contributed by atoms with Crippen LogP contribution in [0.5, 0.6) is 0 Å². The van der Waals surface area contributed by atoms with E-state index in [9.17, 15) is 4.79 Å². The van der Waals surface area contributed by atoms with Crippen LogP contribution in [0.25, 0.3) is 11.8 Å². The summed E-state index contributed by atoms with van der Waals surface area (Å²) in [6.45, 7) is 4.04. The van der Waals surface area contributed by atoms with Crippen LogP contribution in [0.15, 0.2) is 36.4 Å². The predicted molar refractivity (Wildman–Crippen MR) is 106 cm³/mol. The van der Waals surface area contributed by atoms with Gasteiger partial charge in [0.05, 0.1) is 11.4 Å². The number of hydrogen-bond donors (Lipinski definition) is 0. The van der Waals surface area contributed by atoms with Crippen molar-refractivity contribution in [1.82, 2.24) is 14.7 Å². The van der Waals surface area contributed by atoms with Gasteiger partial charge in [-0.25, -0.2) is 4.68 Å². The maximum Gasteiger partial charge on any atom is 0.246 e. The molecule has 0 spiro atoms. The quantitative estimate of drug-likeness (QED) is 0.592. The van der Waals surface area contributed by atoms with Gasteiger partial charge in [-0.05, 0) is 44.9 Å². The Labute approximate surface area is 156 Å². The third-order valence-electron chi connectivity index (χ3n) is 5.46. The van der Waals surface area contributed by atoms with Gasteiger partial charge in [0.15, 0.2) is 0 Å². The minimum Gasteiger partial charge on any atom is -0.339 e. The van der Waals surface area contributed by atoms with Crippen LogP contribution in [0, 0.1) is 13.8 Å². The van der Waals surface area contributed by atoms with Gasteiger partial charge in [-0.3, -0.25) is 4.79 Å². The molecule has 0 radical (unpaired) electrons. The number of carbonyl (C=O) groups excluding carboxylic acids is 1. The minimum absolute atomic E-state index is 0.0863. The van der Waals surface area contributed by atoms with Crippen molar-refractivity contribution in [3.05, 3.63) is 53.4 Å². The van der Waals surface area contributed by atoms with Crippen LogP contribution in [-0.2, 0) is 4.79 Å². The Balaban J connectivity index is 1.75. The van der Waals surface area contributed by atoms with E-state index in [0.29, 0.717) is 6.04 Å². The Kier molecular flexibility index (Phi) is 5.92. The molecule has 4 nitrogen and oxygen atoms in total. The molecule has 1 amide bonds. The molecule has 0 bridgehead atoms. The van der Waals surface area contributed by atoms with Crippen molar-refractivity contribution in [3.63, 3.8) is 0 Å². The van der Waals surface area contributed by atoms with Crippen molar-refractivity contribution >= 4 is 12.0 Å². The van der Waals surface area contributed by atoms with Crippen LogP contribution < -0.4 is 0 Å². The number of aromatic nitrogens is 2. The largest absolute Gasteiger partial charge is 0.339 e. The summed E-state index contributed by atoms with van der Waals surface area (Å²) in [4.78, 5) is 14.6. The maximum absolute atomic E-state index is 12.6. The molecule has 0 unspecified atom stereocenters. The Bertz CT molecular complexity index is 768. The lowest BCUT2D eigenvalue weighted by Crippen LogP contribution is -2.35.